The lowest BCUT2D eigenvalue weighted by Gasteiger charge is -2.11. The summed E-state index contributed by atoms with van der Waals surface area (Å²) in [6.45, 7) is 2.78. The SMILES string of the molecule is CCn1cc(C(N)c2ccc(OC)c(F)c2)cn1. The Hall–Kier alpha value is -1.88. The number of aryl methyl sites for hydroxylation is 1. The molecule has 2 aromatic rings. The molecule has 0 aliphatic carbocycles. The standard InChI is InChI=1S/C13H16FN3O/c1-3-17-8-10(7-16-17)13(15)9-4-5-12(18-2)11(14)6-9/h4-8,13H,3,15H2,1-2H3. The highest BCUT2D eigenvalue weighted by Gasteiger charge is 2.13. The normalized spacial score (nSPS) is 12.4. The van der Waals surface area contributed by atoms with Crippen molar-refractivity contribution in [2.75, 3.05) is 7.11 Å². The van der Waals surface area contributed by atoms with Crippen molar-refractivity contribution in [1.29, 1.82) is 0 Å². The molecule has 0 amide bonds. The predicted molar refractivity (Wildman–Crippen MR) is 66.9 cm³/mol. The van der Waals surface area contributed by atoms with Crippen LogP contribution in [0.25, 0.3) is 0 Å². The highest BCUT2D eigenvalue weighted by atomic mass is 19.1. The van der Waals surface area contributed by atoms with Crippen LogP contribution in [0.5, 0.6) is 5.75 Å². The van der Waals surface area contributed by atoms with E-state index in [0.29, 0.717) is 5.56 Å². The molecule has 4 nitrogen and oxygen atoms in total. The smallest absolute Gasteiger partial charge is 0.165 e. The largest absolute Gasteiger partial charge is 0.494 e. The number of ether oxygens (including phenoxy) is 1. The second kappa shape index (κ2) is 5.18. The van der Waals surface area contributed by atoms with Crippen LogP contribution in [-0.4, -0.2) is 16.9 Å². The summed E-state index contributed by atoms with van der Waals surface area (Å²) >= 11 is 0. The van der Waals surface area contributed by atoms with E-state index in [2.05, 4.69) is 5.10 Å². The van der Waals surface area contributed by atoms with Crippen molar-refractivity contribution in [3.05, 3.63) is 47.5 Å². The lowest BCUT2D eigenvalue weighted by molar-refractivity contribution is 0.386. The van der Waals surface area contributed by atoms with Crippen molar-refractivity contribution < 1.29 is 9.13 Å². The van der Waals surface area contributed by atoms with E-state index in [-0.39, 0.29) is 11.8 Å². The van der Waals surface area contributed by atoms with Crippen molar-refractivity contribution in [3.63, 3.8) is 0 Å². The molecule has 1 atom stereocenters. The Balaban J connectivity index is 2.27. The van der Waals surface area contributed by atoms with Crippen LogP contribution >= 0.6 is 0 Å². The molecular weight excluding hydrogens is 233 g/mol. The minimum Gasteiger partial charge on any atom is -0.494 e. The van der Waals surface area contributed by atoms with E-state index in [1.54, 1.807) is 23.0 Å². The van der Waals surface area contributed by atoms with Gasteiger partial charge in [0.15, 0.2) is 11.6 Å². The molecule has 2 rings (SSSR count). The fraction of sp³-hybridized carbons (Fsp3) is 0.308. The summed E-state index contributed by atoms with van der Waals surface area (Å²) < 4.78 is 20.3. The summed E-state index contributed by atoms with van der Waals surface area (Å²) in [4.78, 5) is 0. The fourth-order valence-corrected chi connectivity index (χ4v) is 1.78. The van der Waals surface area contributed by atoms with Gasteiger partial charge < -0.3 is 10.5 Å². The minimum absolute atomic E-state index is 0.218. The Morgan fingerprint density at radius 2 is 2.22 bits per heavy atom. The summed E-state index contributed by atoms with van der Waals surface area (Å²) in [6, 6.07) is 4.35. The zero-order valence-electron chi connectivity index (χ0n) is 10.4. The first-order chi connectivity index (χ1) is 8.65. The quantitative estimate of drug-likeness (QED) is 0.902. The van der Waals surface area contributed by atoms with Gasteiger partial charge in [0, 0.05) is 18.3 Å². The van der Waals surface area contributed by atoms with E-state index in [0.717, 1.165) is 12.1 Å². The van der Waals surface area contributed by atoms with E-state index < -0.39 is 5.82 Å². The first-order valence-electron chi connectivity index (χ1n) is 5.77. The van der Waals surface area contributed by atoms with Gasteiger partial charge in [0.25, 0.3) is 0 Å². The molecule has 0 radical (unpaired) electrons. The van der Waals surface area contributed by atoms with E-state index in [9.17, 15) is 4.39 Å². The molecule has 1 aromatic heterocycles. The predicted octanol–water partition coefficient (Wildman–Crippen LogP) is 2.10. The molecular formula is C13H16FN3O. The summed E-state index contributed by atoms with van der Waals surface area (Å²) in [7, 11) is 1.43. The van der Waals surface area contributed by atoms with Crippen LogP contribution < -0.4 is 10.5 Å². The van der Waals surface area contributed by atoms with Crippen molar-refractivity contribution in [1.82, 2.24) is 9.78 Å². The maximum Gasteiger partial charge on any atom is 0.165 e. The van der Waals surface area contributed by atoms with Gasteiger partial charge in [0.1, 0.15) is 0 Å². The number of benzene rings is 1. The van der Waals surface area contributed by atoms with Gasteiger partial charge in [-0.15, -0.1) is 0 Å². The molecule has 0 saturated heterocycles. The summed E-state index contributed by atoms with van der Waals surface area (Å²) in [5, 5.41) is 4.16. The first kappa shape index (κ1) is 12.6. The van der Waals surface area contributed by atoms with Crippen LogP contribution in [0, 0.1) is 5.82 Å². The Morgan fingerprint density at radius 3 is 2.78 bits per heavy atom. The van der Waals surface area contributed by atoms with E-state index in [1.807, 2.05) is 13.1 Å². The fourth-order valence-electron chi connectivity index (χ4n) is 1.78. The number of halogens is 1. The van der Waals surface area contributed by atoms with Crippen LogP contribution in [0.2, 0.25) is 0 Å². The van der Waals surface area contributed by atoms with Gasteiger partial charge in [0.05, 0.1) is 19.3 Å². The van der Waals surface area contributed by atoms with Crippen LogP contribution in [0.4, 0.5) is 4.39 Å². The lowest BCUT2D eigenvalue weighted by atomic mass is 10.0. The molecule has 5 heteroatoms. The van der Waals surface area contributed by atoms with Crippen molar-refractivity contribution in [2.24, 2.45) is 5.73 Å². The first-order valence-corrected chi connectivity index (χ1v) is 5.77. The van der Waals surface area contributed by atoms with E-state index in [1.165, 1.54) is 13.2 Å². The third kappa shape index (κ3) is 2.36. The van der Waals surface area contributed by atoms with Crippen LogP contribution in [0.1, 0.15) is 24.1 Å². The molecule has 1 aromatic carbocycles. The zero-order valence-corrected chi connectivity index (χ0v) is 10.4. The van der Waals surface area contributed by atoms with Gasteiger partial charge in [-0.1, -0.05) is 6.07 Å². The molecule has 0 bridgehead atoms. The van der Waals surface area contributed by atoms with Gasteiger partial charge >= 0.3 is 0 Å². The van der Waals surface area contributed by atoms with Gasteiger partial charge in [0.2, 0.25) is 0 Å². The third-order valence-electron chi connectivity index (χ3n) is 2.87. The van der Waals surface area contributed by atoms with Crippen molar-refractivity contribution in [2.45, 2.75) is 19.5 Å². The number of hydrogen-bond acceptors (Lipinski definition) is 3. The maximum atomic E-state index is 13.6. The van der Waals surface area contributed by atoms with E-state index >= 15 is 0 Å². The molecule has 0 saturated carbocycles. The highest BCUT2D eigenvalue weighted by molar-refractivity contribution is 5.34. The zero-order chi connectivity index (χ0) is 13.1. The molecule has 0 spiro atoms. The monoisotopic (exact) mass is 249 g/mol. The average molecular weight is 249 g/mol. The minimum atomic E-state index is -0.409. The van der Waals surface area contributed by atoms with Crippen molar-refractivity contribution >= 4 is 0 Å². The van der Waals surface area contributed by atoms with Gasteiger partial charge in [-0.3, -0.25) is 4.68 Å². The van der Waals surface area contributed by atoms with Crippen LogP contribution in [0.15, 0.2) is 30.6 Å². The second-order valence-electron chi connectivity index (χ2n) is 4.00. The van der Waals surface area contributed by atoms with Crippen LogP contribution in [-0.2, 0) is 6.54 Å². The number of methoxy groups -OCH3 is 1. The van der Waals surface area contributed by atoms with Crippen molar-refractivity contribution in [3.8, 4) is 5.75 Å². The number of rotatable bonds is 4. The van der Waals surface area contributed by atoms with E-state index in [4.69, 9.17) is 10.5 Å². The molecule has 2 N–H and O–H groups in total. The Morgan fingerprint density at radius 1 is 1.44 bits per heavy atom. The molecule has 1 heterocycles. The molecule has 0 aliphatic rings. The number of hydrogen-bond donors (Lipinski definition) is 1. The summed E-state index contributed by atoms with van der Waals surface area (Å²) in [5.41, 5.74) is 7.64. The van der Waals surface area contributed by atoms with Gasteiger partial charge in [-0.25, -0.2) is 4.39 Å². The highest BCUT2D eigenvalue weighted by Crippen LogP contribution is 2.24. The molecule has 96 valence electrons. The molecule has 18 heavy (non-hydrogen) atoms. The average Bonchev–Trinajstić information content (AvgIpc) is 2.86. The van der Waals surface area contributed by atoms with Crippen LogP contribution in [0.3, 0.4) is 0 Å². The lowest BCUT2D eigenvalue weighted by Crippen LogP contribution is -2.11. The molecule has 1 unspecified atom stereocenters. The number of nitrogens with zero attached hydrogens (tertiary/aromatic N) is 2. The second-order valence-corrected chi connectivity index (χ2v) is 4.00. The Bertz CT molecular complexity index is 539. The molecule has 0 aliphatic heterocycles. The molecule has 0 fully saturated rings. The Kier molecular flexibility index (Phi) is 3.62. The Labute approximate surface area is 105 Å². The summed E-state index contributed by atoms with van der Waals surface area (Å²) in [6.07, 6.45) is 3.57. The van der Waals surface area contributed by atoms with Gasteiger partial charge in [-0.2, -0.15) is 5.10 Å². The van der Waals surface area contributed by atoms with Gasteiger partial charge in [-0.05, 0) is 24.6 Å². The number of nitrogens with two attached hydrogens (primary N) is 1. The number of aromatic nitrogens is 2. The third-order valence-corrected chi connectivity index (χ3v) is 2.87. The maximum absolute atomic E-state index is 13.6. The summed E-state index contributed by atoms with van der Waals surface area (Å²) in [5.74, 6) is -0.191. The topological polar surface area (TPSA) is 53.1 Å².